The van der Waals surface area contributed by atoms with E-state index in [0.29, 0.717) is 87.8 Å². The first-order chi connectivity index (χ1) is 24.7. The van der Waals surface area contributed by atoms with Crippen molar-refractivity contribution in [1.82, 2.24) is 25.1 Å². The first kappa shape index (κ1) is 34.4. The van der Waals surface area contributed by atoms with Gasteiger partial charge in [0.05, 0.1) is 36.5 Å². The SMILES string of the molecule is CCOC(=O)C1=C(CN2CCN3C(=O)N(c4ccc(Oc5cccc(C(=O)O)c5)cn4)CC3C2)NC(c2nccs2)=NC1c1ccc(Cl)cc1Cl. The van der Waals surface area contributed by atoms with Crippen LogP contribution in [-0.4, -0.2) is 94.1 Å². The summed E-state index contributed by atoms with van der Waals surface area (Å²) in [5.74, 6) is 0.191. The Labute approximate surface area is 306 Å². The number of anilines is 1. The number of nitrogens with zero attached hydrogens (tertiary/aromatic N) is 6. The van der Waals surface area contributed by atoms with Crippen LogP contribution in [0.5, 0.6) is 11.5 Å². The van der Waals surface area contributed by atoms with Crippen LogP contribution in [-0.2, 0) is 9.53 Å². The summed E-state index contributed by atoms with van der Waals surface area (Å²) in [7, 11) is 0. The summed E-state index contributed by atoms with van der Waals surface area (Å²) in [6.45, 7) is 4.27. The van der Waals surface area contributed by atoms with Crippen molar-refractivity contribution in [2.45, 2.75) is 19.0 Å². The third-order valence-corrected chi connectivity index (χ3v) is 9.99. The molecule has 262 valence electrons. The highest BCUT2D eigenvalue weighted by Gasteiger charge is 2.43. The summed E-state index contributed by atoms with van der Waals surface area (Å²) in [6.07, 6.45) is 3.19. The number of piperazine rings is 1. The highest BCUT2D eigenvalue weighted by atomic mass is 35.5. The second kappa shape index (κ2) is 14.7. The first-order valence-electron chi connectivity index (χ1n) is 16.1. The van der Waals surface area contributed by atoms with E-state index in [1.807, 2.05) is 10.3 Å². The molecule has 51 heavy (non-hydrogen) atoms. The van der Waals surface area contributed by atoms with Gasteiger partial charge in [0.2, 0.25) is 0 Å². The minimum atomic E-state index is -1.05. The van der Waals surface area contributed by atoms with Gasteiger partial charge in [-0.3, -0.25) is 14.8 Å². The number of carbonyl (C=O) groups excluding carboxylic acids is 2. The van der Waals surface area contributed by atoms with E-state index >= 15 is 0 Å². The minimum absolute atomic E-state index is 0.108. The Morgan fingerprint density at radius 1 is 1.06 bits per heavy atom. The van der Waals surface area contributed by atoms with Gasteiger partial charge < -0.3 is 24.8 Å². The van der Waals surface area contributed by atoms with Crippen molar-refractivity contribution >= 4 is 64.2 Å². The molecule has 2 amide bonds. The van der Waals surface area contributed by atoms with Crippen molar-refractivity contribution in [3.63, 3.8) is 0 Å². The molecule has 2 aromatic heterocycles. The lowest BCUT2D eigenvalue weighted by Crippen LogP contribution is -2.53. The van der Waals surface area contributed by atoms with Gasteiger partial charge in [-0.1, -0.05) is 35.3 Å². The average molecular weight is 749 g/mol. The summed E-state index contributed by atoms with van der Waals surface area (Å²) < 4.78 is 11.3. The molecule has 2 fully saturated rings. The van der Waals surface area contributed by atoms with Crippen LogP contribution in [0.25, 0.3) is 0 Å². The number of carboxylic acid groups (broad SMARTS) is 1. The molecule has 16 heteroatoms. The molecule has 7 rings (SSSR count). The van der Waals surface area contributed by atoms with E-state index in [2.05, 4.69) is 20.2 Å². The minimum Gasteiger partial charge on any atom is -0.478 e. The molecule has 2 atom stereocenters. The van der Waals surface area contributed by atoms with Gasteiger partial charge in [-0.25, -0.2) is 24.4 Å². The van der Waals surface area contributed by atoms with Crippen LogP contribution in [0, 0.1) is 0 Å². The van der Waals surface area contributed by atoms with Gasteiger partial charge in [-0.15, -0.1) is 11.3 Å². The molecule has 0 bridgehead atoms. The molecule has 3 aliphatic heterocycles. The molecular formula is C35H31Cl2N7O6S. The monoisotopic (exact) mass is 747 g/mol. The predicted octanol–water partition coefficient (Wildman–Crippen LogP) is 5.87. The Hall–Kier alpha value is -5.02. The van der Waals surface area contributed by atoms with Gasteiger partial charge in [0.25, 0.3) is 0 Å². The molecule has 0 radical (unpaired) electrons. The van der Waals surface area contributed by atoms with E-state index < -0.39 is 18.0 Å². The van der Waals surface area contributed by atoms with E-state index in [0.717, 1.165) is 0 Å². The van der Waals surface area contributed by atoms with Gasteiger partial charge in [-0.05, 0) is 49.4 Å². The summed E-state index contributed by atoms with van der Waals surface area (Å²) in [5, 5.41) is 16.0. The number of amides is 2. The second-order valence-electron chi connectivity index (χ2n) is 11.9. The molecule has 0 aliphatic carbocycles. The zero-order valence-electron chi connectivity index (χ0n) is 27.2. The first-order valence-corrected chi connectivity index (χ1v) is 17.7. The molecular weight excluding hydrogens is 717 g/mol. The molecule has 2 aromatic carbocycles. The van der Waals surface area contributed by atoms with Crippen LogP contribution < -0.4 is 15.0 Å². The third-order valence-electron chi connectivity index (χ3n) is 8.65. The number of aromatic nitrogens is 2. The molecule has 2 N–H and O–H groups in total. The van der Waals surface area contributed by atoms with Gasteiger partial charge in [0.1, 0.15) is 23.4 Å². The Bertz CT molecular complexity index is 2040. The van der Waals surface area contributed by atoms with E-state index in [4.69, 9.17) is 37.7 Å². The maximum atomic E-state index is 13.6. The van der Waals surface area contributed by atoms with Crippen molar-refractivity contribution in [3.8, 4) is 11.5 Å². The molecule has 5 heterocycles. The molecule has 2 saturated heterocycles. The fraction of sp³-hybridized carbons (Fsp3) is 0.257. The van der Waals surface area contributed by atoms with E-state index in [9.17, 15) is 19.5 Å². The number of urea groups is 1. The topological polar surface area (TPSA) is 150 Å². The Morgan fingerprint density at radius 2 is 1.92 bits per heavy atom. The number of halogens is 2. The van der Waals surface area contributed by atoms with Crippen LogP contribution in [0.4, 0.5) is 10.6 Å². The highest BCUT2D eigenvalue weighted by molar-refractivity contribution is 7.11. The summed E-state index contributed by atoms with van der Waals surface area (Å²) >= 11 is 14.3. The Kier molecular flexibility index (Phi) is 9.91. The zero-order chi connectivity index (χ0) is 35.6. The summed E-state index contributed by atoms with van der Waals surface area (Å²) in [6, 6.07) is 13.6. The number of nitrogens with one attached hydrogen (secondary N) is 1. The Balaban J connectivity index is 1.10. The molecule has 2 unspecified atom stereocenters. The van der Waals surface area contributed by atoms with Crippen molar-refractivity contribution in [1.29, 1.82) is 0 Å². The van der Waals surface area contributed by atoms with Gasteiger partial charge in [-0.2, -0.15) is 0 Å². The quantitative estimate of drug-likeness (QED) is 0.189. The molecule has 3 aliphatic rings. The average Bonchev–Trinajstić information content (AvgIpc) is 3.77. The van der Waals surface area contributed by atoms with E-state index in [1.54, 1.807) is 60.5 Å². The lowest BCUT2D eigenvalue weighted by atomic mass is 9.95. The fourth-order valence-corrected chi connectivity index (χ4v) is 7.42. The molecule has 4 aromatic rings. The number of carboxylic acids is 1. The van der Waals surface area contributed by atoms with Crippen LogP contribution in [0.1, 0.15) is 33.9 Å². The number of thiazole rings is 1. The number of benzene rings is 2. The predicted molar refractivity (Wildman–Crippen MR) is 192 cm³/mol. The summed E-state index contributed by atoms with van der Waals surface area (Å²) in [4.78, 5) is 58.0. The number of hydrogen-bond donors (Lipinski definition) is 2. The lowest BCUT2D eigenvalue weighted by molar-refractivity contribution is -0.139. The smallest absolute Gasteiger partial charge is 0.338 e. The number of hydrogen-bond acceptors (Lipinski definition) is 11. The number of rotatable bonds is 10. The van der Waals surface area contributed by atoms with Crippen LogP contribution >= 0.6 is 34.5 Å². The number of ether oxygens (including phenoxy) is 2. The van der Waals surface area contributed by atoms with Crippen LogP contribution in [0.15, 0.2) is 88.6 Å². The fourth-order valence-electron chi connectivity index (χ4n) is 6.32. The number of amidine groups is 1. The lowest BCUT2D eigenvalue weighted by Gasteiger charge is -2.38. The van der Waals surface area contributed by atoms with Crippen molar-refractivity contribution in [3.05, 3.63) is 110 Å². The maximum Gasteiger partial charge on any atom is 0.338 e. The van der Waals surface area contributed by atoms with Gasteiger partial charge in [0, 0.05) is 59.1 Å². The number of fused-ring (bicyclic) bond motifs is 1. The number of pyridine rings is 1. The van der Waals surface area contributed by atoms with Gasteiger partial charge >= 0.3 is 18.0 Å². The highest BCUT2D eigenvalue weighted by Crippen LogP contribution is 2.38. The van der Waals surface area contributed by atoms with Crippen molar-refractivity contribution in [2.75, 3.05) is 44.2 Å². The van der Waals surface area contributed by atoms with E-state index in [-0.39, 0.29) is 24.2 Å². The van der Waals surface area contributed by atoms with Gasteiger partial charge in [0.15, 0.2) is 10.8 Å². The molecule has 13 nitrogen and oxygen atoms in total. The zero-order valence-corrected chi connectivity index (χ0v) is 29.5. The molecule has 0 saturated carbocycles. The largest absolute Gasteiger partial charge is 0.478 e. The van der Waals surface area contributed by atoms with E-state index in [1.165, 1.54) is 29.7 Å². The second-order valence-corrected chi connectivity index (χ2v) is 13.6. The standard InChI is InChI=1S/C35H31Cl2N7O6S/c1-2-49-34(47)29-27(40-31(32-38-10-13-51-32)41-30(29)25-8-6-21(36)15-26(25)37)19-42-11-12-43-22(17-42)18-44(35(43)48)28-9-7-24(16-39-28)50-23-5-3-4-20(14-23)33(45)46/h3-10,13-16,22,30H,2,11-12,17-19H2,1H3,(H,40,41)(H,45,46). The third kappa shape index (κ3) is 7.26. The number of aliphatic imine (C=N–C) groups is 1. The number of aromatic carboxylic acids is 1. The maximum absolute atomic E-state index is 13.6. The normalized spacial score (nSPS) is 19.0. The van der Waals surface area contributed by atoms with Crippen molar-refractivity contribution in [2.24, 2.45) is 4.99 Å². The Morgan fingerprint density at radius 3 is 2.65 bits per heavy atom. The van der Waals surface area contributed by atoms with Crippen LogP contribution in [0.2, 0.25) is 10.0 Å². The van der Waals surface area contributed by atoms with Crippen LogP contribution in [0.3, 0.4) is 0 Å². The summed E-state index contributed by atoms with van der Waals surface area (Å²) in [5.41, 5.74) is 1.67. The number of carbonyl (C=O) groups is 3. The van der Waals surface area contributed by atoms with Crippen molar-refractivity contribution < 1.29 is 29.0 Å². The number of esters is 1. The molecule has 0 spiro atoms.